The molecule has 1 unspecified atom stereocenters. The molecule has 1 atom stereocenters. The van der Waals surface area contributed by atoms with Gasteiger partial charge in [0, 0.05) is 42.8 Å². The van der Waals surface area contributed by atoms with E-state index in [-0.39, 0.29) is 23.7 Å². The maximum atomic E-state index is 13.8. The van der Waals surface area contributed by atoms with Gasteiger partial charge in [-0.15, -0.1) is 0 Å². The van der Waals surface area contributed by atoms with Gasteiger partial charge in [-0.1, -0.05) is 15.9 Å². The fourth-order valence-electron chi connectivity index (χ4n) is 3.12. The Labute approximate surface area is 174 Å². The number of hydrogen-bond acceptors (Lipinski definition) is 3. The van der Waals surface area contributed by atoms with Crippen LogP contribution in [0.3, 0.4) is 0 Å². The Balaban J connectivity index is 1.93. The summed E-state index contributed by atoms with van der Waals surface area (Å²) in [5.74, 6) is -0.335. The van der Waals surface area contributed by atoms with Crippen LogP contribution < -0.4 is 0 Å². The first-order valence-corrected chi connectivity index (χ1v) is 10.2. The number of nitrogens with zero attached hydrogens (tertiary/aromatic N) is 2. The number of carbonyl (C=O) groups excluding carboxylic acids is 2. The highest BCUT2D eigenvalue weighted by molar-refractivity contribution is 9.10. The van der Waals surface area contributed by atoms with Gasteiger partial charge in [0.15, 0.2) is 0 Å². The summed E-state index contributed by atoms with van der Waals surface area (Å²) in [7, 11) is 1.71. The third kappa shape index (κ3) is 6.93. The second kappa shape index (κ2) is 9.54. The van der Waals surface area contributed by atoms with E-state index in [9.17, 15) is 14.0 Å². The van der Waals surface area contributed by atoms with Gasteiger partial charge in [0.1, 0.15) is 11.4 Å². The molecule has 2 rings (SSSR count). The van der Waals surface area contributed by atoms with Crippen molar-refractivity contribution in [2.75, 3.05) is 26.7 Å². The van der Waals surface area contributed by atoms with E-state index < -0.39 is 5.60 Å². The summed E-state index contributed by atoms with van der Waals surface area (Å²) in [5.41, 5.74) is -0.173. The molecule has 2 amide bonds. The maximum Gasteiger partial charge on any atom is 0.410 e. The molecule has 0 N–H and O–H groups in total. The monoisotopic (exact) mass is 454 g/mol. The van der Waals surface area contributed by atoms with Crippen LogP contribution >= 0.6 is 15.9 Å². The molecule has 1 heterocycles. The number of ether oxygens (including phenoxy) is 1. The first-order valence-electron chi connectivity index (χ1n) is 9.41. The minimum atomic E-state index is -0.535. The van der Waals surface area contributed by atoms with Gasteiger partial charge in [-0.2, -0.15) is 0 Å². The SMILES string of the molecule is CN(CC1CCCN(C(=O)/C=C/c2cc(Br)ccc2F)C1)C(=O)OC(C)(C)C. The van der Waals surface area contributed by atoms with Crippen LogP contribution in [0.5, 0.6) is 0 Å². The van der Waals surface area contributed by atoms with Crippen molar-refractivity contribution in [2.24, 2.45) is 5.92 Å². The van der Waals surface area contributed by atoms with Crippen molar-refractivity contribution in [3.8, 4) is 0 Å². The van der Waals surface area contributed by atoms with Crippen molar-refractivity contribution in [1.29, 1.82) is 0 Å². The second-order valence-electron chi connectivity index (χ2n) is 8.15. The normalized spacial score (nSPS) is 17.6. The number of benzene rings is 1. The first kappa shape index (κ1) is 22.4. The number of rotatable bonds is 4. The van der Waals surface area contributed by atoms with Crippen LogP contribution in [-0.2, 0) is 9.53 Å². The molecule has 28 heavy (non-hydrogen) atoms. The van der Waals surface area contributed by atoms with Crippen LogP contribution in [0.1, 0.15) is 39.2 Å². The number of piperidine rings is 1. The van der Waals surface area contributed by atoms with E-state index in [1.807, 2.05) is 20.8 Å². The molecule has 0 aromatic heterocycles. The largest absolute Gasteiger partial charge is 0.444 e. The fourth-order valence-corrected chi connectivity index (χ4v) is 3.50. The third-order valence-electron chi connectivity index (χ3n) is 4.43. The van der Waals surface area contributed by atoms with Gasteiger partial charge in [0.05, 0.1) is 0 Å². The number of carbonyl (C=O) groups is 2. The molecule has 1 fully saturated rings. The van der Waals surface area contributed by atoms with Gasteiger partial charge in [-0.25, -0.2) is 9.18 Å². The lowest BCUT2D eigenvalue weighted by molar-refractivity contribution is -0.127. The summed E-state index contributed by atoms with van der Waals surface area (Å²) in [6, 6.07) is 4.61. The third-order valence-corrected chi connectivity index (χ3v) is 4.92. The highest BCUT2D eigenvalue weighted by Gasteiger charge is 2.26. The average molecular weight is 455 g/mol. The summed E-state index contributed by atoms with van der Waals surface area (Å²) in [5, 5.41) is 0. The van der Waals surface area contributed by atoms with E-state index in [1.165, 1.54) is 18.2 Å². The van der Waals surface area contributed by atoms with Crippen molar-refractivity contribution >= 4 is 34.0 Å². The van der Waals surface area contributed by atoms with E-state index in [0.29, 0.717) is 25.2 Å². The molecule has 1 aromatic carbocycles. The zero-order valence-corrected chi connectivity index (χ0v) is 18.5. The Morgan fingerprint density at radius 2 is 2.11 bits per heavy atom. The number of amides is 2. The maximum absolute atomic E-state index is 13.8. The standard InChI is InChI=1S/C21H28BrFN2O3/c1-21(2,3)28-20(27)24(4)13-15-6-5-11-25(14-15)19(26)10-7-16-12-17(22)8-9-18(16)23/h7-10,12,15H,5-6,11,13-14H2,1-4H3/b10-7+. The van der Waals surface area contributed by atoms with Gasteiger partial charge < -0.3 is 14.5 Å². The fraction of sp³-hybridized carbons (Fsp3) is 0.524. The Morgan fingerprint density at radius 3 is 2.79 bits per heavy atom. The molecule has 0 saturated carbocycles. The number of hydrogen-bond donors (Lipinski definition) is 0. The van der Waals surface area contributed by atoms with Crippen LogP contribution in [-0.4, -0.2) is 54.1 Å². The van der Waals surface area contributed by atoms with Crippen molar-refractivity contribution in [1.82, 2.24) is 9.80 Å². The molecule has 154 valence electrons. The molecule has 0 spiro atoms. The molecule has 0 radical (unpaired) electrons. The lowest BCUT2D eigenvalue weighted by atomic mass is 9.97. The molecule has 7 heteroatoms. The van der Waals surface area contributed by atoms with E-state index in [1.54, 1.807) is 29.0 Å². The lowest BCUT2D eigenvalue weighted by Crippen LogP contribution is -2.44. The Kier molecular flexibility index (Phi) is 7.63. The van der Waals surface area contributed by atoms with E-state index in [4.69, 9.17) is 4.74 Å². The van der Waals surface area contributed by atoms with E-state index >= 15 is 0 Å². The van der Waals surface area contributed by atoms with Gasteiger partial charge in [-0.3, -0.25) is 4.79 Å². The molecule has 1 saturated heterocycles. The Bertz CT molecular complexity index is 746. The zero-order valence-electron chi connectivity index (χ0n) is 16.9. The van der Waals surface area contributed by atoms with Crippen LogP contribution in [0.4, 0.5) is 9.18 Å². The summed E-state index contributed by atoms with van der Waals surface area (Å²) < 4.78 is 19.9. The number of halogens is 2. The first-order chi connectivity index (χ1) is 13.0. The van der Waals surface area contributed by atoms with E-state index in [0.717, 1.165) is 17.3 Å². The smallest absolute Gasteiger partial charge is 0.410 e. The summed E-state index contributed by atoms with van der Waals surface area (Å²) in [6.07, 6.45) is 4.36. The lowest BCUT2D eigenvalue weighted by Gasteiger charge is -2.34. The highest BCUT2D eigenvalue weighted by Crippen LogP contribution is 2.20. The van der Waals surface area contributed by atoms with Crippen LogP contribution in [0, 0.1) is 11.7 Å². The average Bonchev–Trinajstić information content (AvgIpc) is 2.61. The van der Waals surface area contributed by atoms with Crippen LogP contribution in [0.2, 0.25) is 0 Å². The van der Waals surface area contributed by atoms with Gasteiger partial charge in [0.25, 0.3) is 0 Å². The van der Waals surface area contributed by atoms with Gasteiger partial charge >= 0.3 is 6.09 Å². The molecule has 1 aliphatic rings. The minimum Gasteiger partial charge on any atom is -0.444 e. The summed E-state index contributed by atoms with van der Waals surface area (Å²) in [4.78, 5) is 28.0. The van der Waals surface area contributed by atoms with Crippen LogP contribution in [0.15, 0.2) is 28.7 Å². The molecule has 1 aromatic rings. The zero-order chi connectivity index (χ0) is 20.9. The predicted octanol–water partition coefficient (Wildman–Crippen LogP) is 4.71. The molecule has 0 aliphatic carbocycles. The van der Waals surface area contributed by atoms with Crippen molar-refractivity contribution in [3.63, 3.8) is 0 Å². The molecule has 5 nitrogen and oxygen atoms in total. The summed E-state index contributed by atoms with van der Waals surface area (Å²) in [6.45, 7) is 7.26. The minimum absolute atomic E-state index is 0.149. The van der Waals surface area contributed by atoms with Gasteiger partial charge in [-0.05, 0) is 63.8 Å². The van der Waals surface area contributed by atoms with Gasteiger partial charge in [0.2, 0.25) is 5.91 Å². The topological polar surface area (TPSA) is 49.9 Å². The van der Waals surface area contributed by atoms with Crippen molar-refractivity contribution < 1.29 is 18.7 Å². The Hall–Kier alpha value is -1.89. The number of likely N-dealkylation sites (tertiary alicyclic amines) is 1. The second-order valence-corrected chi connectivity index (χ2v) is 9.07. The summed E-state index contributed by atoms with van der Waals surface area (Å²) >= 11 is 3.30. The predicted molar refractivity (Wildman–Crippen MR) is 111 cm³/mol. The quantitative estimate of drug-likeness (QED) is 0.619. The molecular formula is C21H28BrFN2O3. The molecule has 1 aliphatic heterocycles. The Morgan fingerprint density at radius 1 is 1.39 bits per heavy atom. The van der Waals surface area contributed by atoms with Crippen LogP contribution in [0.25, 0.3) is 6.08 Å². The van der Waals surface area contributed by atoms with Crippen molar-refractivity contribution in [3.05, 3.63) is 40.1 Å². The molecular weight excluding hydrogens is 427 g/mol. The molecule has 0 bridgehead atoms. The highest BCUT2D eigenvalue weighted by atomic mass is 79.9. The van der Waals surface area contributed by atoms with E-state index in [2.05, 4.69) is 15.9 Å². The van der Waals surface area contributed by atoms with Crippen molar-refractivity contribution in [2.45, 2.75) is 39.2 Å².